The van der Waals surface area contributed by atoms with E-state index >= 15 is 0 Å². The Balaban J connectivity index is 2.46. The van der Waals surface area contributed by atoms with Gasteiger partial charge in [-0.25, -0.2) is 4.39 Å². The molecule has 0 atom stereocenters. The third-order valence-electron chi connectivity index (χ3n) is 2.46. The highest BCUT2D eigenvalue weighted by Gasteiger charge is 2.08. The standard InChI is InChI=1S/C12H17FN2O/c1-15(12(16)6-8-14)9-7-10-4-2-3-5-11(10)13/h2-5H,6-9,14H2,1H3. The highest BCUT2D eigenvalue weighted by atomic mass is 19.1. The van der Waals surface area contributed by atoms with Gasteiger partial charge in [0.15, 0.2) is 0 Å². The number of halogens is 1. The number of rotatable bonds is 5. The molecule has 0 fully saturated rings. The molecule has 0 bridgehead atoms. The second kappa shape index (κ2) is 6.23. The monoisotopic (exact) mass is 224 g/mol. The summed E-state index contributed by atoms with van der Waals surface area (Å²) in [5, 5.41) is 0. The smallest absolute Gasteiger partial charge is 0.223 e. The van der Waals surface area contributed by atoms with Gasteiger partial charge in [-0.05, 0) is 18.1 Å². The molecule has 1 aromatic rings. The molecule has 1 aromatic carbocycles. The van der Waals surface area contributed by atoms with Crippen LogP contribution in [0.2, 0.25) is 0 Å². The number of amides is 1. The molecule has 0 aliphatic rings. The van der Waals surface area contributed by atoms with Crippen LogP contribution >= 0.6 is 0 Å². The molecule has 0 aliphatic heterocycles. The van der Waals surface area contributed by atoms with Crippen LogP contribution in [0.4, 0.5) is 4.39 Å². The zero-order valence-corrected chi connectivity index (χ0v) is 9.45. The van der Waals surface area contributed by atoms with Crippen LogP contribution in [-0.4, -0.2) is 30.9 Å². The van der Waals surface area contributed by atoms with Gasteiger partial charge in [0.25, 0.3) is 0 Å². The number of nitrogens with zero attached hydrogens (tertiary/aromatic N) is 1. The lowest BCUT2D eigenvalue weighted by Crippen LogP contribution is -2.30. The van der Waals surface area contributed by atoms with E-state index in [1.807, 2.05) is 0 Å². The number of hydrogen-bond donors (Lipinski definition) is 1. The molecule has 16 heavy (non-hydrogen) atoms. The topological polar surface area (TPSA) is 46.3 Å². The Morgan fingerprint density at radius 3 is 2.75 bits per heavy atom. The van der Waals surface area contributed by atoms with E-state index in [1.54, 1.807) is 30.1 Å². The van der Waals surface area contributed by atoms with Crippen molar-refractivity contribution in [2.75, 3.05) is 20.1 Å². The Hall–Kier alpha value is -1.42. The largest absolute Gasteiger partial charge is 0.345 e. The van der Waals surface area contributed by atoms with E-state index in [1.165, 1.54) is 6.07 Å². The van der Waals surface area contributed by atoms with E-state index in [2.05, 4.69) is 0 Å². The lowest BCUT2D eigenvalue weighted by Gasteiger charge is -2.16. The van der Waals surface area contributed by atoms with Gasteiger partial charge in [0.05, 0.1) is 0 Å². The number of likely N-dealkylation sites (N-methyl/N-ethyl adjacent to an activating group) is 1. The molecular weight excluding hydrogens is 207 g/mol. The number of carbonyl (C=O) groups is 1. The lowest BCUT2D eigenvalue weighted by molar-refractivity contribution is -0.129. The molecule has 88 valence electrons. The molecule has 0 radical (unpaired) electrons. The minimum Gasteiger partial charge on any atom is -0.345 e. The van der Waals surface area contributed by atoms with Crippen molar-refractivity contribution >= 4 is 5.91 Å². The summed E-state index contributed by atoms with van der Waals surface area (Å²) in [5.41, 5.74) is 5.93. The second-order valence-corrected chi connectivity index (χ2v) is 3.70. The van der Waals surface area contributed by atoms with Crippen molar-refractivity contribution in [3.05, 3.63) is 35.6 Å². The van der Waals surface area contributed by atoms with Crippen molar-refractivity contribution in [2.45, 2.75) is 12.8 Å². The molecular formula is C12H17FN2O. The van der Waals surface area contributed by atoms with E-state index in [0.717, 1.165) is 0 Å². The van der Waals surface area contributed by atoms with Gasteiger partial charge in [0.2, 0.25) is 5.91 Å². The summed E-state index contributed by atoms with van der Waals surface area (Å²) in [7, 11) is 1.71. The van der Waals surface area contributed by atoms with Crippen LogP contribution in [0.5, 0.6) is 0 Å². The Bertz CT molecular complexity index is 355. The van der Waals surface area contributed by atoms with Gasteiger partial charge in [-0.3, -0.25) is 4.79 Å². The van der Waals surface area contributed by atoms with E-state index in [9.17, 15) is 9.18 Å². The van der Waals surface area contributed by atoms with Crippen LogP contribution in [0.3, 0.4) is 0 Å². The van der Waals surface area contributed by atoms with Crippen LogP contribution in [0.1, 0.15) is 12.0 Å². The average molecular weight is 224 g/mol. The Kier molecular flexibility index (Phi) is 4.92. The van der Waals surface area contributed by atoms with Crippen LogP contribution < -0.4 is 5.73 Å². The van der Waals surface area contributed by atoms with Crippen LogP contribution in [0, 0.1) is 5.82 Å². The first-order valence-corrected chi connectivity index (χ1v) is 5.32. The number of carbonyl (C=O) groups excluding carboxylic acids is 1. The van der Waals surface area contributed by atoms with Gasteiger partial charge in [0.1, 0.15) is 5.82 Å². The third-order valence-corrected chi connectivity index (χ3v) is 2.46. The highest BCUT2D eigenvalue weighted by Crippen LogP contribution is 2.07. The minimum atomic E-state index is -0.220. The fourth-order valence-corrected chi connectivity index (χ4v) is 1.43. The van der Waals surface area contributed by atoms with Crippen molar-refractivity contribution in [3.8, 4) is 0 Å². The fraction of sp³-hybridized carbons (Fsp3) is 0.417. The maximum absolute atomic E-state index is 13.3. The zero-order valence-electron chi connectivity index (χ0n) is 9.45. The van der Waals surface area contributed by atoms with Crippen LogP contribution in [-0.2, 0) is 11.2 Å². The summed E-state index contributed by atoms with van der Waals surface area (Å²) < 4.78 is 13.3. The number of hydrogen-bond acceptors (Lipinski definition) is 2. The first-order valence-electron chi connectivity index (χ1n) is 5.32. The van der Waals surface area contributed by atoms with Crippen molar-refractivity contribution in [1.29, 1.82) is 0 Å². The third kappa shape index (κ3) is 3.62. The average Bonchev–Trinajstić information content (AvgIpc) is 2.28. The van der Waals surface area contributed by atoms with Crippen LogP contribution in [0.15, 0.2) is 24.3 Å². The quantitative estimate of drug-likeness (QED) is 0.816. The van der Waals surface area contributed by atoms with Crippen molar-refractivity contribution in [1.82, 2.24) is 4.90 Å². The molecule has 1 amide bonds. The lowest BCUT2D eigenvalue weighted by atomic mass is 10.1. The normalized spacial score (nSPS) is 10.2. The molecule has 0 aliphatic carbocycles. The summed E-state index contributed by atoms with van der Waals surface area (Å²) >= 11 is 0. The second-order valence-electron chi connectivity index (χ2n) is 3.70. The van der Waals surface area contributed by atoms with E-state index in [-0.39, 0.29) is 11.7 Å². The van der Waals surface area contributed by atoms with Gasteiger partial charge in [-0.15, -0.1) is 0 Å². The van der Waals surface area contributed by atoms with Gasteiger partial charge >= 0.3 is 0 Å². The summed E-state index contributed by atoms with van der Waals surface area (Å²) in [4.78, 5) is 13.0. The van der Waals surface area contributed by atoms with E-state index < -0.39 is 0 Å². The van der Waals surface area contributed by atoms with Gasteiger partial charge in [0, 0.05) is 26.6 Å². The maximum Gasteiger partial charge on any atom is 0.223 e. The SMILES string of the molecule is CN(CCc1ccccc1F)C(=O)CCN. The summed E-state index contributed by atoms with van der Waals surface area (Å²) in [6, 6.07) is 6.61. The van der Waals surface area contributed by atoms with Crippen molar-refractivity contribution < 1.29 is 9.18 Å². The predicted octanol–water partition coefficient (Wildman–Crippen LogP) is 1.18. The van der Waals surface area contributed by atoms with Gasteiger partial charge in [-0.2, -0.15) is 0 Å². The van der Waals surface area contributed by atoms with Gasteiger partial charge in [-0.1, -0.05) is 18.2 Å². The molecule has 0 saturated carbocycles. The Morgan fingerprint density at radius 1 is 1.44 bits per heavy atom. The first-order chi connectivity index (χ1) is 7.65. The molecule has 0 unspecified atom stereocenters. The minimum absolute atomic E-state index is 0.00107. The Morgan fingerprint density at radius 2 is 2.12 bits per heavy atom. The molecule has 0 heterocycles. The Labute approximate surface area is 95.0 Å². The maximum atomic E-state index is 13.3. The van der Waals surface area contributed by atoms with Crippen LogP contribution in [0.25, 0.3) is 0 Å². The summed E-state index contributed by atoms with van der Waals surface area (Å²) in [5.74, 6) is -0.221. The van der Waals surface area contributed by atoms with E-state index in [0.29, 0.717) is 31.5 Å². The molecule has 2 N–H and O–H groups in total. The van der Waals surface area contributed by atoms with Gasteiger partial charge < -0.3 is 10.6 Å². The highest BCUT2D eigenvalue weighted by molar-refractivity contribution is 5.76. The summed E-state index contributed by atoms with van der Waals surface area (Å²) in [6.45, 7) is 0.864. The molecule has 4 heteroatoms. The first kappa shape index (κ1) is 12.6. The molecule has 3 nitrogen and oxygen atoms in total. The van der Waals surface area contributed by atoms with E-state index in [4.69, 9.17) is 5.73 Å². The number of nitrogens with two attached hydrogens (primary N) is 1. The molecule has 1 rings (SSSR count). The summed E-state index contributed by atoms with van der Waals surface area (Å²) in [6.07, 6.45) is 0.868. The molecule has 0 spiro atoms. The fourth-order valence-electron chi connectivity index (χ4n) is 1.43. The molecule has 0 aromatic heterocycles. The van der Waals surface area contributed by atoms with Crippen molar-refractivity contribution in [2.24, 2.45) is 5.73 Å². The predicted molar refractivity (Wildman–Crippen MR) is 61.4 cm³/mol. The molecule has 0 saturated heterocycles. The number of benzene rings is 1. The van der Waals surface area contributed by atoms with Crippen molar-refractivity contribution in [3.63, 3.8) is 0 Å². The zero-order chi connectivity index (χ0) is 12.0.